The minimum Gasteiger partial charge on any atom is -0.406 e. The number of hydrogen-bond acceptors (Lipinski definition) is 5. The third-order valence-electron chi connectivity index (χ3n) is 4.41. The summed E-state index contributed by atoms with van der Waals surface area (Å²) in [6.07, 6.45) is -4.74. The Kier molecular flexibility index (Phi) is 7.21. The molecule has 3 rings (SSSR count). The molecule has 0 saturated heterocycles. The molecular weight excluding hydrogens is 429 g/mol. The maximum Gasteiger partial charge on any atom is 0.573 e. The van der Waals surface area contributed by atoms with Crippen LogP contribution >= 0.6 is 11.8 Å². The summed E-state index contributed by atoms with van der Waals surface area (Å²) in [7, 11) is 0. The lowest BCUT2D eigenvalue weighted by molar-refractivity contribution is -0.274. The number of aryl methyl sites for hydroxylation is 1. The molecule has 3 aromatic rings. The Bertz CT molecular complexity index is 1010. The predicted octanol–water partition coefficient (Wildman–Crippen LogP) is 4.50. The number of carbonyl (C=O) groups excluding carboxylic acids is 1. The molecule has 0 aliphatic heterocycles. The van der Waals surface area contributed by atoms with Crippen molar-refractivity contribution in [1.29, 1.82) is 0 Å². The molecule has 1 atom stereocenters. The van der Waals surface area contributed by atoms with Crippen molar-refractivity contribution in [2.45, 2.75) is 38.0 Å². The highest BCUT2D eigenvalue weighted by atomic mass is 32.2. The van der Waals surface area contributed by atoms with Crippen LogP contribution < -0.4 is 10.1 Å². The SMILES string of the molecule is Cc1nnc(SCC(=O)NC(C)c2ccc(OC(F)(F)F)cc2)n1Cc1ccccc1. The molecule has 1 aromatic heterocycles. The number of nitrogens with one attached hydrogen (secondary N) is 1. The normalized spacial score (nSPS) is 12.4. The largest absolute Gasteiger partial charge is 0.573 e. The van der Waals surface area contributed by atoms with Gasteiger partial charge in [0.15, 0.2) is 5.16 Å². The first kappa shape index (κ1) is 22.7. The van der Waals surface area contributed by atoms with E-state index in [2.05, 4.69) is 20.3 Å². The van der Waals surface area contributed by atoms with Crippen LogP contribution in [-0.4, -0.2) is 32.8 Å². The molecule has 0 aliphatic rings. The van der Waals surface area contributed by atoms with Gasteiger partial charge in [-0.15, -0.1) is 23.4 Å². The number of halogens is 3. The molecule has 31 heavy (non-hydrogen) atoms. The summed E-state index contributed by atoms with van der Waals surface area (Å²) in [6.45, 7) is 4.21. The number of ether oxygens (including phenoxy) is 1. The van der Waals surface area contributed by atoms with Gasteiger partial charge in [-0.2, -0.15) is 0 Å². The summed E-state index contributed by atoms with van der Waals surface area (Å²) >= 11 is 1.27. The molecule has 2 aromatic carbocycles. The summed E-state index contributed by atoms with van der Waals surface area (Å²) in [5, 5.41) is 11.7. The molecule has 1 heterocycles. The van der Waals surface area contributed by atoms with Crippen LogP contribution in [0.5, 0.6) is 5.75 Å². The quantitative estimate of drug-likeness (QED) is 0.512. The molecule has 0 aliphatic carbocycles. The fourth-order valence-corrected chi connectivity index (χ4v) is 3.67. The van der Waals surface area contributed by atoms with E-state index in [1.54, 1.807) is 6.92 Å². The van der Waals surface area contributed by atoms with Crippen molar-refractivity contribution < 1.29 is 22.7 Å². The molecule has 6 nitrogen and oxygen atoms in total. The number of benzene rings is 2. The maximum absolute atomic E-state index is 12.4. The Morgan fingerprint density at radius 2 is 1.81 bits per heavy atom. The van der Waals surface area contributed by atoms with E-state index in [9.17, 15) is 18.0 Å². The number of thioether (sulfide) groups is 1. The van der Waals surface area contributed by atoms with Gasteiger partial charge in [-0.05, 0) is 37.1 Å². The summed E-state index contributed by atoms with van der Waals surface area (Å²) in [5.41, 5.74) is 1.76. The Morgan fingerprint density at radius 1 is 1.13 bits per heavy atom. The van der Waals surface area contributed by atoms with Crippen LogP contribution in [0, 0.1) is 6.92 Å². The van der Waals surface area contributed by atoms with Crippen molar-refractivity contribution in [3.8, 4) is 5.75 Å². The first-order chi connectivity index (χ1) is 14.7. The van der Waals surface area contributed by atoms with Crippen LogP contribution in [0.2, 0.25) is 0 Å². The Balaban J connectivity index is 1.54. The fraction of sp³-hybridized carbons (Fsp3) is 0.286. The number of nitrogens with zero attached hydrogens (tertiary/aromatic N) is 3. The van der Waals surface area contributed by atoms with Crippen molar-refractivity contribution in [1.82, 2.24) is 20.1 Å². The standard InChI is InChI=1S/C21H21F3N4O2S/c1-14(17-8-10-18(11-9-17)30-21(22,23)24)25-19(29)13-31-20-27-26-15(2)28(20)12-16-6-4-3-5-7-16/h3-11,14H,12-13H2,1-2H3,(H,25,29). The third-order valence-corrected chi connectivity index (χ3v) is 5.38. The molecule has 0 spiro atoms. The fourth-order valence-electron chi connectivity index (χ4n) is 2.87. The van der Waals surface area contributed by atoms with Gasteiger partial charge < -0.3 is 14.6 Å². The Hall–Kier alpha value is -3.01. The minimum absolute atomic E-state index is 0.131. The van der Waals surface area contributed by atoms with Gasteiger partial charge in [0.1, 0.15) is 11.6 Å². The van der Waals surface area contributed by atoms with Crippen LogP contribution in [0.3, 0.4) is 0 Å². The first-order valence-corrected chi connectivity index (χ1v) is 10.4. The topological polar surface area (TPSA) is 69.0 Å². The Labute approximate surface area is 181 Å². The lowest BCUT2D eigenvalue weighted by Gasteiger charge is -2.15. The van der Waals surface area contributed by atoms with Gasteiger partial charge in [-0.3, -0.25) is 4.79 Å². The zero-order chi connectivity index (χ0) is 22.4. The maximum atomic E-state index is 12.4. The van der Waals surface area contributed by atoms with E-state index in [1.807, 2.05) is 41.8 Å². The molecule has 1 N–H and O–H groups in total. The van der Waals surface area contributed by atoms with Gasteiger partial charge in [0.25, 0.3) is 0 Å². The summed E-state index contributed by atoms with van der Waals surface area (Å²) in [5.74, 6) is 0.353. The average Bonchev–Trinajstić information content (AvgIpc) is 3.06. The van der Waals surface area contributed by atoms with Gasteiger partial charge >= 0.3 is 6.36 Å². The summed E-state index contributed by atoms with van der Waals surface area (Å²) in [6, 6.07) is 14.9. The van der Waals surface area contributed by atoms with Gasteiger partial charge in [0, 0.05) is 0 Å². The minimum atomic E-state index is -4.74. The van der Waals surface area contributed by atoms with Crippen molar-refractivity contribution in [2.75, 3.05) is 5.75 Å². The highest BCUT2D eigenvalue weighted by Gasteiger charge is 2.31. The molecule has 164 valence electrons. The highest BCUT2D eigenvalue weighted by Crippen LogP contribution is 2.24. The van der Waals surface area contributed by atoms with E-state index in [-0.39, 0.29) is 23.5 Å². The highest BCUT2D eigenvalue weighted by molar-refractivity contribution is 7.99. The predicted molar refractivity (Wildman–Crippen MR) is 111 cm³/mol. The number of hydrogen-bond donors (Lipinski definition) is 1. The smallest absolute Gasteiger partial charge is 0.406 e. The van der Waals surface area contributed by atoms with E-state index in [0.29, 0.717) is 17.3 Å². The van der Waals surface area contributed by atoms with Crippen molar-refractivity contribution in [3.63, 3.8) is 0 Å². The second kappa shape index (κ2) is 9.86. The number of carbonyl (C=O) groups is 1. The number of alkyl halides is 3. The summed E-state index contributed by atoms with van der Waals surface area (Å²) < 4.78 is 42.6. The van der Waals surface area contributed by atoms with Gasteiger partial charge in [-0.25, -0.2) is 0 Å². The van der Waals surface area contributed by atoms with Crippen LogP contribution in [0.1, 0.15) is 29.9 Å². The monoisotopic (exact) mass is 450 g/mol. The van der Waals surface area contributed by atoms with E-state index < -0.39 is 6.36 Å². The van der Waals surface area contributed by atoms with Crippen LogP contribution in [0.25, 0.3) is 0 Å². The molecule has 0 bridgehead atoms. The third kappa shape index (κ3) is 6.74. The zero-order valence-corrected chi connectivity index (χ0v) is 17.7. The lowest BCUT2D eigenvalue weighted by atomic mass is 10.1. The Morgan fingerprint density at radius 3 is 2.45 bits per heavy atom. The number of aromatic nitrogens is 3. The molecule has 1 unspecified atom stereocenters. The second-order valence-corrected chi connectivity index (χ2v) is 7.74. The number of rotatable bonds is 8. The molecule has 0 fully saturated rings. The van der Waals surface area contributed by atoms with Crippen LogP contribution in [0.15, 0.2) is 59.8 Å². The molecule has 0 saturated carbocycles. The van der Waals surface area contributed by atoms with Crippen molar-refractivity contribution in [2.24, 2.45) is 0 Å². The lowest BCUT2D eigenvalue weighted by Crippen LogP contribution is -2.28. The van der Waals surface area contributed by atoms with Crippen molar-refractivity contribution >= 4 is 17.7 Å². The van der Waals surface area contributed by atoms with Crippen LogP contribution in [0.4, 0.5) is 13.2 Å². The van der Waals surface area contributed by atoms with Crippen LogP contribution in [-0.2, 0) is 11.3 Å². The van der Waals surface area contributed by atoms with Gasteiger partial charge in [0.2, 0.25) is 5.91 Å². The second-order valence-electron chi connectivity index (χ2n) is 6.80. The van der Waals surface area contributed by atoms with E-state index in [1.165, 1.54) is 36.0 Å². The average molecular weight is 450 g/mol. The first-order valence-electron chi connectivity index (χ1n) is 9.43. The van der Waals surface area contributed by atoms with Crippen molar-refractivity contribution in [3.05, 3.63) is 71.5 Å². The van der Waals surface area contributed by atoms with Gasteiger partial charge in [0.05, 0.1) is 18.3 Å². The van der Waals surface area contributed by atoms with E-state index in [4.69, 9.17) is 0 Å². The zero-order valence-electron chi connectivity index (χ0n) is 16.9. The molecular formula is C21H21F3N4O2S. The van der Waals surface area contributed by atoms with E-state index >= 15 is 0 Å². The van der Waals surface area contributed by atoms with E-state index in [0.717, 1.165) is 11.4 Å². The molecule has 10 heteroatoms. The molecule has 0 radical (unpaired) electrons. The van der Waals surface area contributed by atoms with Gasteiger partial charge in [-0.1, -0.05) is 54.2 Å². The molecule has 1 amide bonds. The number of amides is 1. The summed E-state index contributed by atoms with van der Waals surface area (Å²) in [4.78, 5) is 12.4.